The van der Waals surface area contributed by atoms with E-state index in [-0.39, 0.29) is 12.1 Å². The molecular weight excluding hydrogens is 272 g/mol. The number of nitrogens with one attached hydrogen (secondary N) is 1. The molecular formula is C14H20F4N2. The lowest BCUT2D eigenvalue weighted by Crippen LogP contribution is -2.29. The fourth-order valence-electron chi connectivity index (χ4n) is 1.86. The number of likely N-dealkylation sites (N-methyl/N-ethyl adjacent to an activating group) is 1. The monoisotopic (exact) mass is 292 g/mol. The predicted molar refractivity (Wildman–Crippen MR) is 70.9 cm³/mol. The Labute approximate surface area is 116 Å². The molecule has 0 spiro atoms. The maximum absolute atomic E-state index is 13.8. The van der Waals surface area contributed by atoms with E-state index in [1.165, 1.54) is 12.1 Å². The van der Waals surface area contributed by atoms with Gasteiger partial charge in [0.15, 0.2) is 0 Å². The molecule has 6 heteroatoms. The quantitative estimate of drug-likeness (QED) is 0.613. The summed E-state index contributed by atoms with van der Waals surface area (Å²) in [5, 5.41) is 3.19. The van der Waals surface area contributed by atoms with E-state index in [1.807, 2.05) is 0 Å². The summed E-state index contributed by atoms with van der Waals surface area (Å²) < 4.78 is 51.6. The van der Waals surface area contributed by atoms with Crippen LogP contribution >= 0.6 is 0 Å². The lowest BCUT2D eigenvalue weighted by Gasteiger charge is -2.18. The molecule has 1 aromatic rings. The van der Waals surface area contributed by atoms with Crippen LogP contribution in [0, 0.1) is 5.82 Å². The molecule has 0 atom stereocenters. The second-order valence-corrected chi connectivity index (χ2v) is 4.76. The van der Waals surface area contributed by atoms with E-state index in [1.54, 1.807) is 11.9 Å². The van der Waals surface area contributed by atoms with Gasteiger partial charge in [0.25, 0.3) is 0 Å². The van der Waals surface area contributed by atoms with Crippen LogP contribution in [0.4, 0.5) is 17.6 Å². The first-order valence-electron chi connectivity index (χ1n) is 6.60. The molecule has 1 N–H and O–H groups in total. The summed E-state index contributed by atoms with van der Waals surface area (Å²) >= 11 is 0. The molecule has 20 heavy (non-hydrogen) atoms. The van der Waals surface area contributed by atoms with Crippen LogP contribution in [0.25, 0.3) is 0 Å². The van der Waals surface area contributed by atoms with E-state index in [0.717, 1.165) is 25.6 Å². The summed E-state index contributed by atoms with van der Waals surface area (Å²) in [4.78, 5) is 1.79. The van der Waals surface area contributed by atoms with Crippen LogP contribution in [0.5, 0.6) is 0 Å². The Balaban J connectivity index is 2.64. The van der Waals surface area contributed by atoms with Crippen LogP contribution < -0.4 is 5.32 Å². The zero-order valence-corrected chi connectivity index (χ0v) is 11.7. The average Bonchev–Trinajstić information content (AvgIpc) is 2.36. The molecule has 1 rings (SSSR count). The van der Waals surface area contributed by atoms with Crippen molar-refractivity contribution in [2.75, 3.05) is 26.7 Å². The van der Waals surface area contributed by atoms with E-state index in [0.29, 0.717) is 6.54 Å². The Morgan fingerprint density at radius 3 is 2.50 bits per heavy atom. The summed E-state index contributed by atoms with van der Waals surface area (Å²) in [5.74, 6) is -1.17. The summed E-state index contributed by atoms with van der Waals surface area (Å²) in [5.41, 5.74) is -1.13. The summed E-state index contributed by atoms with van der Waals surface area (Å²) in [6, 6.07) is 3.40. The van der Waals surface area contributed by atoms with Crippen molar-refractivity contribution in [3.05, 3.63) is 35.1 Å². The van der Waals surface area contributed by atoms with Crippen molar-refractivity contribution >= 4 is 0 Å². The minimum Gasteiger partial charge on any atom is -0.315 e. The molecule has 0 bridgehead atoms. The van der Waals surface area contributed by atoms with Crippen LogP contribution in [0.1, 0.15) is 24.5 Å². The van der Waals surface area contributed by atoms with E-state index in [2.05, 4.69) is 12.2 Å². The van der Waals surface area contributed by atoms with Gasteiger partial charge in [-0.15, -0.1) is 0 Å². The highest BCUT2D eigenvalue weighted by molar-refractivity contribution is 5.28. The van der Waals surface area contributed by atoms with Gasteiger partial charge in [0.05, 0.1) is 5.56 Å². The van der Waals surface area contributed by atoms with Gasteiger partial charge in [-0.3, -0.25) is 0 Å². The van der Waals surface area contributed by atoms with Gasteiger partial charge in [-0.25, -0.2) is 4.39 Å². The molecule has 0 amide bonds. The molecule has 114 valence electrons. The average molecular weight is 292 g/mol. The van der Waals surface area contributed by atoms with Gasteiger partial charge < -0.3 is 10.2 Å². The van der Waals surface area contributed by atoms with Gasteiger partial charge in [-0.1, -0.05) is 19.1 Å². The molecule has 0 saturated carbocycles. The van der Waals surface area contributed by atoms with Crippen molar-refractivity contribution in [3.63, 3.8) is 0 Å². The second-order valence-electron chi connectivity index (χ2n) is 4.76. The molecule has 0 aliphatic rings. The van der Waals surface area contributed by atoms with Gasteiger partial charge in [-0.2, -0.15) is 13.2 Å². The van der Waals surface area contributed by atoms with E-state index in [4.69, 9.17) is 0 Å². The molecule has 1 aromatic carbocycles. The van der Waals surface area contributed by atoms with Crippen LogP contribution in [-0.2, 0) is 12.7 Å². The Morgan fingerprint density at radius 1 is 1.20 bits per heavy atom. The fraction of sp³-hybridized carbons (Fsp3) is 0.571. The molecule has 0 aromatic heterocycles. The number of hydrogen-bond acceptors (Lipinski definition) is 2. The number of nitrogens with zero attached hydrogens (tertiary/aromatic N) is 1. The topological polar surface area (TPSA) is 15.3 Å². The highest BCUT2D eigenvalue weighted by atomic mass is 19.4. The van der Waals surface area contributed by atoms with Crippen LogP contribution in [-0.4, -0.2) is 31.6 Å². The first kappa shape index (κ1) is 16.9. The van der Waals surface area contributed by atoms with Gasteiger partial charge in [0, 0.05) is 25.2 Å². The van der Waals surface area contributed by atoms with E-state index >= 15 is 0 Å². The molecule has 2 nitrogen and oxygen atoms in total. The Bertz CT molecular complexity index is 418. The first-order valence-corrected chi connectivity index (χ1v) is 6.60. The predicted octanol–water partition coefficient (Wildman–Crippen LogP) is 3.28. The minimum absolute atomic E-state index is 0.0674. The molecule has 0 radical (unpaired) electrons. The molecule has 0 aliphatic carbocycles. The third-order valence-electron chi connectivity index (χ3n) is 2.92. The Hall–Kier alpha value is -1.14. The van der Waals surface area contributed by atoms with Crippen molar-refractivity contribution < 1.29 is 17.6 Å². The van der Waals surface area contributed by atoms with Gasteiger partial charge in [0.2, 0.25) is 0 Å². The normalized spacial score (nSPS) is 12.2. The third kappa shape index (κ3) is 5.09. The Morgan fingerprint density at radius 2 is 1.90 bits per heavy atom. The standard InChI is InChI=1S/C14H20F4N2/c1-3-7-19-8-9-20(2)10-11-5-4-6-12(13(11)15)14(16,17)18/h4-6,19H,3,7-10H2,1-2H3. The van der Waals surface area contributed by atoms with E-state index in [9.17, 15) is 17.6 Å². The number of halogens is 4. The molecule has 0 aliphatic heterocycles. The van der Waals surface area contributed by atoms with Crippen molar-refractivity contribution in [1.29, 1.82) is 0 Å². The Kier molecular flexibility index (Phi) is 6.42. The van der Waals surface area contributed by atoms with Gasteiger partial charge in [0.1, 0.15) is 5.82 Å². The zero-order valence-electron chi connectivity index (χ0n) is 11.7. The maximum Gasteiger partial charge on any atom is 0.419 e. The van der Waals surface area contributed by atoms with Gasteiger partial charge in [-0.05, 0) is 26.1 Å². The van der Waals surface area contributed by atoms with Crippen molar-refractivity contribution in [1.82, 2.24) is 10.2 Å². The van der Waals surface area contributed by atoms with Gasteiger partial charge >= 0.3 is 6.18 Å². The molecule has 0 fully saturated rings. The van der Waals surface area contributed by atoms with Crippen molar-refractivity contribution in [3.8, 4) is 0 Å². The van der Waals surface area contributed by atoms with Crippen LogP contribution in [0.2, 0.25) is 0 Å². The van der Waals surface area contributed by atoms with Crippen molar-refractivity contribution in [2.45, 2.75) is 26.1 Å². The summed E-state index contributed by atoms with van der Waals surface area (Å²) in [6.07, 6.45) is -3.63. The van der Waals surface area contributed by atoms with Crippen molar-refractivity contribution in [2.24, 2.45) is 0 Å². The highest BCUT2D eigenvalue weighted by Crippen LogP contribution is 2.32. The summed E-state index contributed by atoms with van der Waals surface area (Å²) in [7, 11) is 1.76. The van der Waals surface area contributed by atoms with Crippen LogP contribution in [0.15, 0.2) is 18.2 Å². The number of hydrogen-bond donors (Lipinski definition) is 1. The van der Waals surface area contributed by atoms with Crippen LogP contribution in [0.3, 0.4) is 0 Å². The highest BCUT2D eigenvalue weighted by Gasteiger charge is 2.34. The molecule has 0 heterocycles. The number of benzene rings is 1. The zero-order chi connectivity index (χ0) is 15.2. The van der Waals surface area contributed by atoms with E-state index < -0.39 is 17.6 Å². The fourth-order valence-corrected chi connectivity index (χ4v) is 1.86. The number of alkyl halides is 3. The largest absolute Gasteiger partial charge is 0.419 e. The third-order valence-corrected chi connectivity index (χ3v) is 2.92. The lowest BCUT2D eigenvalue weighted by molar-refractivity contribution is -0.140. The second kappa shape index (κ2) is 7.59. The number of rotatable bonds is 7. The minimum atomic E-state index is -4.65. The smallest absolute Gasteiger partial charge is 0.315 e. The maximum atomic E-state index is 13.8. The summed E-state index contributed by atoms with van der Waals surface area (Å²) in [6.45, 7) is 4.48. The SMILES string of the molecule is CCCNCCN(C)Cc1cccc(C(F)(F)F)c1F. The molecule has 0 saturated heterocycles. The first-order chi connectivity index (χ1) is 9.36. The lowest BCUT2D eigenvalue weighted by atomic mass is 10.1. The molecule has 0 unspecified atom stereocenters.